The third kappa shape index (κ3) is 3.17. The van der Waals surface area contributed by atoms with Crippen molar-refractivity contribution >= 4 is 10.0 Å². The van der Waals surface area contributed by atoms with Crippen LogP contribution in [0.5, 0.6) is 5.75 Å². The average Bonchev–Trinajstić information content (AvgIpc) is 2.95. The fraction of sp³-hybridized carbons (Fsp3) is 0.308. The zero-order chi connectivity index (χ0) is 14.6. The highest BCUT2D eigenvalue weighted by Crippen LogP contribution is 2.16. The van der Waals surface area contributed by atoms with Crippen LogP contribution in [-0.2, 0) is 10.0 Å². The van der Waals surface area contributed by atoms with Crippen LogP contribution in [0, 0.1) is 6.92 Å². The summed E-state index contributed by atoms with van der Waals surface area (Å²) in [5.74, 6) is 0.765. The van der Waals surface area contributed by atoms with Crippen LogP contribution in [0.25, 0.3) is 0 Å². The standard InChI is InChI=1S/C13H17N3O3S/c1-11-5-3-4-6-13(11)19-8-7-16(2)20(17,18)12-9-14-15-10-12/h3-6,9-10H,7-8H2,1-2H3,(H,14,15). The number of rotatable bonds is 6. The van der Waals surface area contributed by atoms with Crippen LogP contribution < -0.4 is 4.74 Å². The number of nitrogens with one attached hydrogen (secondary N) is 1. The molecule has 108 valence electrons. The second-order valence-electron chi connectivity index (χ2n) is 4.37. The molecule has 0 aliphatic heterocycles. The summed E-state index contributed by atoms with van der Waals surface area (Å²) in [5, 5.41) is 6.14. The largest absolute Gasteiger partial charge is 0.492 e. The lowest BCUT2D eigenvalue weighted by atomic mass is 10.2. The van der Waals surface area contributed by atoms with Gasteiger partial charge in [0.05, 0.1) is 6.20 Å². The Morgan fingerprint density at radius 3 is 2.75 bits per heavy atom. The smallest absolute Gasteiger partial charge is 0.246 e. The second-order valence-corrected chi connectivity index (χ2v) is 6.42. The molecule has 1 heterocycles. The van der Waals surface area contributed by atoms with Gasteiger partial charge in [-0.1, -0.05) is 18.2 Å². The summed E-state index contributed by atoms with van der Waals surface area (Å²) < 4.78 is 31.1. The highest BCUT2D eigenvalue weighted by atomic mass is 32.2. The highest BCUT2D eigenvalue weighted by molar-refractivity contribution is 7.89. The van der Waals surface area contributed by atoms with E-state index in [1.54, 1.807) is 0 Å². The van der Waals surface area contributed by atoms with Crippen LogP contribution >= 0.6 is 0 Å². The molecule has 1 aromatic carbocycles. The Morgan fingerprint density at radius 1 is 1.35 bits per heavy atom. The maximum Gasteiger partial charge on any atom is 0.246 e. The van der Waals surface area contributed by atoms with Crippen molar-refractivity contribution in [2.45, 2.75) is 11.8 Å². The molecule has 0 radical (unpaired) electrons. The van der Waals surface area contributed by atoms with E-state index >= 15 is 0 Å². The molecule has 0 aliphatic rings. The Morgan fingerprint density at radius 2 is 2.10 bits per heavy atom. The molecular weight excluding hydrogens is 278 g/mol. The third-order valence-electron chi connectivity index (χ3n) is 2.94. The summed E-state index contributed by atoms with van der Waals surface area (Å²) in [6, 6.07) is 7.62. The fourth-order valence-electron chi connectivity index (χ4n) is 1.68. The van der Waals surface area contributed by atoms with Crippen LogP contribution in [0.2, 0.25) is 0 Å². The maximum absolute atomic E-state index is 12.1. The van der Waals surface area contributed by atoms with E-state index in [1.807, 2.05) is 31.2 Å². The van der Waals surface area contributed by atoms with Gasteiger partial charge in [-0.25, -0.2) is 8.42 Å². The minimum Gasteiger partial charge on any atom is -0.492 e. The normalized spacial score (nSPS) is 11.8. The van der Waals surface area contributed by atoms with Crippen molar-refractivity contribution in [3.63, 3.8) is 0 Å². The Labute approximate surface area is 118 Å². The number of hydrogen-bond donors (Lipinski definition) is 1. The van der Waals surface area contributed by atoms with Crippen LogP contribution in [0.3, 0.4) is 0 Å². The van der Waals surface area contributed by atoms with E-state index in [0.29, 0.717) is 6.61 Å². The van der Waals surface area contributed by atoms with Gasteiger partial charge in [0.2, 0.25) is 10.0 Å². The van der Waals surface area contributed by atoms with Gasteiger partial charge in [-0.3, -0.25) is 5.10 Å². The molecule has 0 atom stereocenters. The molecule has 7 heteroatoms. The van der Waals surface area contributed by atoms with Crippen molar-refractivity contribution in [3.05, 3.63) is 42.2 Å². The summed E-state index contributed by atoms with van der Waals surface area (Å²) in [5.41, 5.74) is 1.02. The Bertz CT molecular complexity index is 653. The molecule has 0 bridgehead atoms. The average molecular weight is 295 g/mol. The molecule has 0 unspecified atom stereocenters. The molecule has 1 N–H and O–H groups in total. The fourth-order valence-corrected chi connectivity index (χ4v) is 2.75. The lowest BCUT2D eigenvalue weighted by molar-refractivity contribution is 0.285. The van der Waals surface area contributed by atoms with E-state index in [2.05, 4.69) is 10.2 Å². The zero-order valence-electron chi connectivity index (χ0n) is 11.4. The lowest BCUT2D eigenvalue weighted by Gasteiger charge is -2.16. The molecule has 6 nitrogen and oxygen atoms in total. The maximum atomic E-state index is 12.1. The number of nitrogens with zero attached hydrogens (tertiary/aromatic N) is 2. The molecule has 0 saturated carbocycles. The topological polar surface area (TPSA) is 75.3 Å². The van der Waals surface area contributed by atoms with E-state index in [0.717, 1.165) is 11.3 Å². The number of hydrogen-bond acceptors (Lipinski definition) is 4. The Hall–Kier alpha value is -1.86. The first kappa shape index (κ1) is 14.5. The second kappa shape index (κ2) is 6.06. The lowest BCUT2D eigenvalue weighted by Crippen LogP contribution is -2.30. The molecule has 20 heavy (non-hydrogen) atoms. The predicted molar refractivity (Wildman–Crippen MR) is 75.1 cm³/mol. The summed E-state index contributed by atoms with van der Waals surface area (Å²) in [6.07, 6.45) is 2.64. The summed E-state index contributed by atoms with van der Waals surface area (Å²) in [6.45, 7) is 2.50. The molecule has 0 fully saturated rings. The molecule has 2 aromatic rings. The van der Waals surface area contributed by atoms with Crippen LogP contribution in [0.1, 0.15) is 5.56 Å². The SMILES string of the molecule is Cc1ccccc1OCCN(C)S(=O)(=O)c1cn[nH]c1. The van der Waals surface area contributed by atoms with Crippen LogP contribution in [-0.4, -0.2) is 43.1 Å². The number of aromatic amines is 1. The van der Waals surface area contributed by atoms with Crippen molar-refractivity contribution in [2.75, 3.05) is 20.2 Å². The predicted octanol–water partition coefficient (Wildman–Crippen LogP) is 1.42. The van der Waals surface area contributed by atoms with Gasteiger partial charge in [-0.15, -0.1) is 0 Å². The third-order valence-corrected chi connectivity index (χ3v) is 4.76. The molecule has 2 rings (SSSR count). The van der Waals surface area contributed by atoms with Gasteiger partial charge in [0.15, 0.2) is 0 Å². The van der Waals surface area contributed by atoms with Gasteiger partial charge in [0, 0.05) is 19.8 Å². The van der Waals surface area contributed by atoms with Gasteiger partial charge >= 0.3 is 0 Å². The first-order valence-electron chi connectivity index (χ1n) is 6.15. The van der Waals surface area contributed by atoms with Gasteiger partial charge in [-0.2, -0.15) is 9.40 Å². The summed E-state index contributed by atoms with van der Waals surface area (Å²) in [7, 11) is -1.98. The van der Waals surface area contributed by atoms with E-state index in [-0.39, 0.29) is 11.4 Å². The molecule has 0 spiro atoms. The van der Waals surface area contributed by atoms with Crippen molar-refractivity contribution in [1.29, 1.82) is 0 Å². The first-order chi connectivity index (χ1) is 9.51. The summed E-state index contributed by atoms with van der Waals surface area (Å²) in [4.78, 5) is 0.149. The zero-order valence-corrected chi connectivity index (χ0v) is 12.2. The number of ether oxygens (including phenoxy) is 1. The molecule has 0 aliphatic carbocycles. The quantitative estimate of drug-likeness (QED) is 0.874. The Kier molecular flexibility index (Phi) is 4.41. The van der Waals surface area contributed by atoms with Gasteiger partial charge in [0.25, 0.3) is 0 Å². The van der Waals surface area contributed by atoms with E-state index in [9.17, 15) is 8.42 Å². The summed E-state index contributed by atoms with van der Waals surface area (Å²) >= 11 is 0. The number of sulfonamides is 1. The Balaban J connectivity index is 1.93. The van der Waals surface area contributed by atoms with Gasteiger partial charge < -0.3 is 4.74 Å². The minimum atomic E-state index is -3.50. The number of aryl methyl sites for hydroxylation is 1. The van der Waals surface area contributed by atoms with E-state index in [4.69, 9.17) is 4.74 Å². The number of H-pyrrole nitrogens is 1. The molecule has 0 saturated heterocycles. The monoisotopic (exact) mass is 295 g/mol. The highest BCUT2D eigenvalue weighted by Gasteiger charge is 2.21. The number of likely N-dealkylation sites (N-methyl/N-ethyl adjacent to an activating group) is 1. The number of benzene rings is 1. The van der Waals surface area contributed by atoms with E-state index < -0.39 is 10.0 Å². The van der Waals surface area contributed by atoms with Gasteiger partial charge in [-0.05, 0) is 18.6 Å². The first-order valence-corrected chi connectivity index (χ1v) is 7.59. The molecular formula is C13H17N3O3S. The van der Waals surface area contributed by atoms with Crippen molar-refractivity contribution in [2.24, 2.45) is 0 Å². The number of aromatic nitrogens is 2. The number of para-hydroxylation sites is 1. The molecule has 0 amide bonds. The van der Waals surface area contributed by atoms with Crippen molar-refractivity contribution < 1.29 is 13.2 Å². The van der Waals surface area contributed by atoms with Crippen molar-refractivity contribution in [3.8, 4) is 5.75 Å². The van der Waals surface area contributed by atoms with Crippen molar-refractivity contribution in [1.82, 2.24) is 14.5 Å². The van der Waals surface area contributed by atoms with Gasteiger partial charge in [0.1, 0.15) is 17.3 Å². The van der Waals surface area contributed by atoms with E-state index in [1.165, 1.54) is 23.7 Å². The van der Waals surface area contributed by atoms with Crippen LogP contribution in [0.4, 0.5) is 0 Å². The minimum absolute atomic E-state index is 0.149. The van der Waals surface area contributed by atoms with Crippen LogP contribution in [0.15, 0.2) is 41.6 Å². The molecule has 1 aromatic heterocycles.